The van der Waals surface area contributed by atoms with Crippen molar-refractivity contribution in [3.05, 3.63) is 0 Å². The third-order valence-electron chi connectivity index (χ3n) is 3.27. The summed E-state index contributed by atoms with van der Waals surface area (Å²) in [7, 11) is -2.53. The van der Waals surface area contributed by atoms with Gasteiger partial charge in [-0.15, -0.1) is 0 Å². The molecule has 3 heterocycles. The number of rotatable bonds is 1. The highest BCUT2D eigenvalue weighted by atomic mass is 32.3. The van der Waals surface area contributed by atoms with Crippen molar-refractivity contribution in [1.82, 2.24) is 0 Å². The summed E-state index contributed by atoms with van der Waals surface area (Å²) in [5.41, 5.74) is 0. The van der Waals surface area contributed by atoms with E-state index in [4.69, 9.17) is 23.1 Å². The summed E-state index contributed by atoms with van der Waals surface area (Å²) < 4.78 is 54.5. The van der Waals surface area contributed by atoms with Gasteiger partial charge in [0, 0.05) is 7.11 Å². The van der Waals surface area contributed by atoms with Crippen LogP contribution in [-0.4, -0.2) is 58.6 Å². The first-order chi connectivity index (χ1) is 8.81. The Morgan fingerprint density at radius 1 is 1.16 bits per heavy atom. The molecule has 0 spiro atoms. The molecule has 0 radical (unpaired) electrons. The Labute approximate surface area is 111 Å². The average Bonchev–Trinajstić information content (AvgIpc) is 2.63. The van der Waals surface area contributed by atoms with E-state index in [1.165, 1.54) is 7.11 Å². The summed E-state index contributed by atoms with van der Waals surface area (Å²) in [5, 5.41) is 0. The van der Waals surface area contributed by atoms with Gasteiger partial charge in [-0.25, -0.2) is 8.37 Å². The largest absolute Gasteiger partial charge is 0.400 e. The van der Waals surface area contributed by atoms with E-state index in [9.17, 15) is 8.42 Å². The van der Waals surface area contributed by atoms with Crippen LogP contribution < -0.4 is 0 Å². The van der Waals surface area contributed by atoms with E-state index in [-0.39, 0.29) is 6.61 Å². The van der Waals surface area contributed by atoms with E-state index in [0.29, 0.717) is 0 Å². The Balaban J connectivity index is 1.89. The second-order valence-corrected chi connectivity index (χ2v) is 6.34. The number of hydrogen-bond donors (Lipinski definition) is 0. The maximum absolute atomic E-state index is 11.4. The summed E-state index contributed by atoms with van der Waals surface area (Å²) in [6, 6.07) is 0. The number of fused-ring (bicyclic) bond motifs is 3. The standard InChI is InChI=1S/C10H16O8S/c1-10(2)16-7-6-5(4-14-19(11,12)18-6)15-9(13-3)8(7)17-10/h5-9H,4H2,1-3H3/t5-,6-,7?,8?,9+/m1/s1. The van der Waals surface area contributed by atoms with Crippen LogP contribution in [-0.2, 0) is 37.7 Å². The lowest BCUT2D eigenvalue weighted by molar-refractivity contribution is -0.273. The van der Waals surface area contributed by atoms with E-state index in [1.54, 1.807) is 13.8 Å². The molecule has 0 N–H and O–H groups in total. The predicted octanol–water partition coefficient (Wildman–Crippen LogP) is -0.462. The molecule has 0 aromatic heterocycles. The van der Waals surface area contributed by atoms with Crippen molar-refractivity contribution < 1.29 is 35.7 Å². The van der Waals surface area contributed by atoms with Crippen LogP contribution in [0.1, 0.15) is 13.8 Å². The maximum atomic E-state index is 11.4. The molecule has 3 saturated heterocycles. The molecule has 0 aromatic rings. The predicted molar refractivity (Wildman–Crippen MR) is 59.2 cm³/mol. The molecule has 110 valence electrons. The lowest BCUT2D eigenvalue weighted by atomic mass is 9.99. The molecule has 0 bridgehead atoms. The van der Waals surface area contributed by atoms with Gasteiger partial charge in [-0.1, -0.05) is 0 Å². The van der Waals surface area contributed by atoms with Gasteiger partial charge in [0.25, 0.3) is 0 Å². The van der Waals surface area contributed by atoms with E-state index < -0.39 is 46.9 Å². The van der Waals surface area contributed by atoms with Crippen molar-refractivity contribution in [2.24, 2.45) is 0 Å². The monoisotopic (exact) mass is 296 g/mol. The topological polar surface area (TPSA) is 89.5 Å². The molecule has 0 aliphatic carbocycles. The highest BCUT2D eigenvalue weighted by molar-refractivity contribution is 7.81. The SMILES string of the molecule is CO[C@H]1O[C@@H]2COS(=O)(=O)O[C@H]2C2OC(C)(C)OC21. The summed E-state index contributed by atoms with van der Waals surface area (Å²) in [4.78, 5) is 0. The van der Waals surface area contributed by atoms with Gasteiger partial charge in [0.05, 0.1) is 6.61 Å². The van der Waals surface area contributed by atoms with Crippen LogP contribution in [0.4, 0.5) is 0 Å². The lowest BCUT2D eigenvalue weighted by Gasteiger charge is -2.42. The van der Waals surface area contributed by atoms with Crippen molar-refractivity contribution in [2.45, 2.75) is 50.3 Å². The van der Waals surface area contributed by atoms with Gasteiger partial charge in [-0.05, 0) is 13.8 Å². The second kappa shape index (κ2) is 4.35. The van der Waals surface area contributed by atoms with Gasteiger partial charge < -0.3 is 18.9 Å². The normalized spacial score (nSPS) is 47.4. The number of methoxy groups -OCH3 is 1. The van der Waals surface area contributed by atoms with Crippen LogP contribution in [0.5, 0.6) is 0 Å². The van der Waals surface area contributed by atoms with Crippen LogP contribution in [0.25, 0.3) is 0 Å². The van der Waals surface area contributed by atoms with Crippen molar-refractivity contribution in [1.29, 1.82) is 0 Å². The van der Waals surface area contributed by atoms with Crippen LogP contribution in [0.2, 0.25) is 0 Å². The second-order valence-electron chi connectivity index (χ2n) is 5.10. The fourth-order valence-electron chi connectivity index (χ4n) is 2.58. The first kappa shape index (κ1) is 13.7. The summed E-state index contributed by atoms with van der Waals surface area (Å²) in [5.74, 6) is -0.851. The van der Waals surface area contributed by atoms with Gasteiger partial charge in [0.1, 0.15) is 24.4 Å². The van der Waals surface area contributed by atoms with Gasteiger partial charge >= 0.3 is 10.4 Å². The van der Waals surface area contributed by atoms with Gasteiger partial charge in [-0.3, -0.25) is 0 Å². The van der Waals surface area contributed by atoms with Crippen LogP contribution in [0, 0.1) is 0 Å². The summed E-state index contributed by atoms with van der Waals surface area (Å²) in [6.45, 7) is 3.35. The molecule has 3 fully saturated rings. The maximum Gasteiger partial charge on any atom is 0.400 e. The molecule has 0 amide bonds. The molecule has 9 heteroatoms. The molecule has 3 aliphatic rings. The van der Waals surface area contributed by atoms with Crippen LogP contribution in [0.3, 0.4) is 0 Å². The van der Waals surface area contributed by atoms with Crippen LogP contribution >= 0.6 is 0 Å². The Morgan fingerprint density at radius 2 is 1.84 bits per heavy atom. The smallest absolute Gasteiger partial charge is 0.353 e. The molecule has 19 heavy (non-hydrogen) atoms. The molecule has 2 unspecified atom stereocenters. The van der Waals surface area contributed by atoms with Crippen molar-refractivity contribution in [3.63, 3.8) is 0 Å². The third kappa shape index (κ3) is 2.40. The minimum Gasteiger partial charge on any atom is -0.353 e. The molecule has 5 atom stereocenters. The zero-order valence-corrected chi connectivity index (χ0v) is 11.6. The zero-order valence-electron chi connectivity index (χ0n) is 10.8. The van der Waals surface area contributed by atoms with Crippen molar-refractivity contribution >= 4 is 10.4 Å². The minimum absolute atomic E-state index is 0.125. The Bertz CT molecular complexity index is 460. The van der Waals surface area contributed by atoms with E-state index in [2.05, 4.69) is 4.18 Å². The van der Waals surface area contributed by atoms with Gasteiger partial charge in [0.2, 0.25) is 0 Å². The zero-order chi connectivity index (χ0) is 13.8. The highest BCUT2D eigenvalue weighted by Crippen LogP contribution is 2.40. The molecule has 0 saturated carbocycles. The molecular formula is C10H16O8S. The third-order valence-corrected chi connectivity index (χ3v) is 4.15. The van der Waals surface area contributed by atoms with E-state index in [0.717, 1.165) is 0 Å². The number of ether oxygens (including phenoxy) is 4. The van der Waals surface area contributed by atoms with Crippen molar-refractivity contribution in [3.8, 4) is 0 Å². The summed E-state index contributed by atoms with van der Waals surface area (Å²) >= 11 is 0. The fourth-order valence-corrected chi connectivity index (χ4v) is 3.44. The lowest BCUT2D eigenvalue weighted by Crippen LogP contribution is -2.61. The van der Waals surface area contributed by atoms with E-state index >= 15 is 0 Å². The molecular weight excluding hydrogens is 280 g/mol. The number of hydrogen-bond acceptors (Lipinski definition) is 8. The van der Waals surface area contributed by atoms with Crippen LogP contribution in [0.15, 0.2) is 0 Å². The molecule has 3 aliphatic heterocycles. The first-order valence-electron chi connectivity index (χ1n) is 5.93. The van der Waals surface area contributed by atoms with Gasteiger partial charge in [-0.2, -0.15) is 8.42 Å². The Kier molecular flexibility index (Phi) is 3.13. The van der Waals surface area contributed by atoms with Crippen molar-refractivity contribution in [2.75, 3.05) is 13.7 Å². The highest BCUT2D eigenvalue weighted by Gasteiger charge is 2.58. The van der Waals surface area contributed by atoms with E-state index in [1.807, 2.05) is 0 Å². The minimum atomic E-state index is -4.01. The quantitative estimate of drug-likeness (QED) is 0.642. The van der Waals surface area contributed by atoms with Gasteiger partial charge in [0.15, 0.2) is 12.1 Å². The Hall–Kier alpha value is -0.290. The first-order valence-corrected chi connectivity index (χ1v) is 7.26. The summed E-state index contributed by atoms with van der Waals surface area (Å²) in [6.07, 6.45) is -3.16. The Morgan fingerprint density at radius 3 is 2.53 bits per heavy atom. The average molecular weight is 296 g/mol. The molecule has 0 aromatic carbocycles. The molecule has 3 rings (SSSR count). The fraction of sp³-hybridized carbons (Fsp3) is 1.00. The molecule has 8 nitrogen and oxygen atoms in total.